The zero-order chi connectivity index (χ0) is 25.9. The molecular formula is C26H33N5O4S. The third-order valence-electron chi connectivity index (χ3n) is 6.94. The number of amides is 2. The molecule has 4 rings (SSSR count). The van der Waals surface area contributed by atoms with E-state index >= 15 is 0 Å². The molecule has 2 aliphatic heterocycles. The minimum atomic E-state index is -3.69. The Morgan fingerprint density at radius 1 is 1.00 bits per heavy atom. The number of aryl methyl sites for hydroxylation is 1. The van der Waals surface area contributed by atoms with Crippen molar-refractivity contribution in [3.8, 4) is 0 Å². The number of carbonyl (C=O) groups excluding carboxylic acids is 2. The summed E-state index contributed by atoms with van der Waals surface area (Å²) in [4.78, 5) is 33.4. The summed E-state index contributed by atoms with van der Waals surface area (Å²) in [6, 6.07) is 12.1. The second-order valence-corrected chi connectivity index (χ2v) is 11.5. The molecule has 0 spiro atoms. The van der Waals surface area contributed by atoms with Crippen LogP contribution in [0.4, 0.5) is 5.82 Å². The molecule has 1 aromatic heterocycles. The molecule has 2 aromatic rings. The molecule has 9 nitrogen and oxygen atoms in total. The number of nitrogens with one attached hydrogen (secondary N) is 1. The fraction of sp³-hybridized carbons (Fsp3) is 0.423. The van der Waals surface area contributed by atoms with Crippen molar-refractivity contribution in [3.05, 3.63) is 66.4 Å². The van der Waals surface area contributed by atoms with E-state index in [4.69, 9.17) is 0 Å². The van der Waals surface area contributed by atoms with E-state index in [0.717, 1.165) is 11.5 Å². The molecule has 0 atom stereocenters. The van der Waals surface area contributed by atoms with Gasteiger partial charge in [-0.15, -0.1) is 0 Å². The average molecular weight is 512 g/mol. The first kappa shape index (κ1) is 25.8. The maximum Gasteiger partial charge on any atom is 0.253 e. The zero-order valence-corrected chi connectivity index (χ0v) is 21.6. The predicted octanol–water partition coefficient (Wildman–Crippen LogP) is 2.20. The van der Waals surface area contributed by atoms with Crippen molar-refractivity contribution in [3.63, 3.8) is 0 Å². The van der Waals surface area contributed by atoms with Crippen LogP contribution in [0, 0.1) is 6.92 Å². The summed E-state index contributed by atoms with van der Waals surface area (Å²) < 4.78 is 27.8. The van der Waals surface area contributed by atoms with E-state index < -0.39 is 15.6 Å². The number of carbonyl (C=O) groups is 2. The molecule has 0 saturated carbocycles. The summed E-state index contributed by atoms with van der Waals surface area (Å²) >= 11 is 0. The van der Waals surface area contributed by atoms with Crippen LogP contribution in [0.1, 0.15) is 35.8 Å². The third-order valence-corrected chi connectivity index (χ3v) is 8.85. The smallest absolute Gasteiger partial charge is 0.253 e. The van der Waals surface area contributed by atoms with E-state index in [1.54, 1.807) is 17.0 Å². The van der Waals surface area contributed by atoms with Gasteiger partial charge < -0.3 is 15.1 Å². The molecule has 36 heavy (non-hydrogen) atoms. The molecule has 2 aliphatic rings. The Morgan fingerprint density at radius 3 is 2.22 bits per heavy atom. The summed E-state index contributed by atoms with van der Waals surface area (Å²) in [6.07, 6.45) is 2.23. The van der Waals surface area contributed by atoms with Gasteiger partial charge in [-0.05, 0) is 69.2 Å². The first-order valence-corrected chi connectivity index (χ1v) is 13.6. The lowest BCUT2D eigenvalue weighted by Crippen LogP contribution is -2.53. The van der Waals surface area contributed by atoms with Crippen LogP contribution in [0.25, 0.3) is 0 Å². The van der Waals surface area contributed by atoms with Crippen LogP contribution in [-0.4, -0.2) is 79.2 Å². The van der Waals surface area contributed by atoms with Crippen LogP contribution in [0.3, 0.4) is 0 Å². The summed E-state index contributed by atoms with van der Waals surface area (Å²) in [5.41, 5.74) is 0.959. The van der Waals surface area contributed by atoms with Crippen molar-refractivity contribution in [1.82, 2.24) is 19.5 Å². The predicted molar refractivity (Wildman–Crippen MR) is 138 cm³/mol. The topological polar surface area (TPSA) is 103 Å². The minimum absolute atomic E-state index is 0.109. The fourth-order valence-corrected chi connectivity index (χ4v) is 6.08. The molecule has 2 amide bonds. The summed E-state index contributed by atoms with van der Waals surface area (Å²) in [5, 5.41) is 2.90. The molecule has 1 aromatic carbocycles. The standard InChI is InChI=1S/C26H33N5O4S/c1-4-24(32)28-26(3)12-14-31(15-13-26)36(34,35)22-10-8-21(9-11-22)25(33)30-18-16-29(17-19-30)23-7-5-6-20(2)27-23/h4-11H,1,12-19H2,2-3H3,(H,28,32). The van der Waals surface area contributed by atoms with Crippen LogP contribution < -0.4 is 10.2 Å². The quantitative estimate of drug-likeness (QED) is 0.597. The van der Waals surface area contributed by atoms with Gasteiger partial charge in [-0.25, -0.2) is 13.4 Å². The van der Waals surface area contributed by atoms with Crippen LogP contribution in [-0.2, 0) is 14.8 Å². The van der Waals surface area contributed by atoms with Crippen LogP contribution >= 0.6 is 0 Å². The van der Waals surface area contributed by atoms with Gasteiger partial charge in [-0.3, -0.25) is 9.59 Å². The van der Waals surface area contributed by atoms with Gasteiger partial charge in [0.05, 0.1) is 4.90 Å². The molecule has 0 bridgehead atoms. The molecule has 0 radical (unpaired) electrons. The lowest BCUT2D eigenvalue weighted by molar-refractivity contribution is -0.118. The van der Waals surface area contributed by atoms with E-state index in [0.29, 0.717) is 57.7 Å². The molecule has 3 heterocycles. The molecule has 1 N–H and O–H groups in total. The maximum atomic E-state index is 13.2. The number of piperazine rings is 1. The number of benzene rings is 1. The highest BCUT2D eigenvalue weighted by Crippen LogP contribution is 2.27. The van der Waals surface area contributed by atoms with E-state index in [1.165, 1.54) is 22.5 Å². The average Bonchev–Trinajstić information content (AvgIpc) is 2.88. The number of piperidine rings is 1. The highest BCUT2D eigenvalue weighted by atomic mass is 32.2. The third kappa shape index (κ3) is 5.60. The number of hydrogen-bond donors (Lipinski definition) is 1. The second-order valence-electron chi connectivity index (χ2n) is 9.60. The van der Waals surface area contributed by atoms with E-state index in [9.17, 15) is 18.0 Å². The van der Waals surface area contributed by atoms with Crippen LogP contribution in [0.5, 0.6) is 0 Å². The van der Waals surface area contributed by atoms with Crippen molar-refractivity contribution in [2.24, 2.45) is 0 Å². The van der Waals surface area contributed by atoms with Crippen molar-refractivity contribution < 1.29 is 18.0 Å². The molecule has 0 unspecified atom stereocenters. The zero-order valence-electron chi connectivity index (χ0n) is 20.8. The molecular weight excluding hydrogens is 478 g/mol. The Balaban J connectivity index is 1.35. The number of sulfonamides is 1. The Hall–Kier alpha value is -3.24. The van der Waals surface area contributed by atoms with Crippen LogP contribution in [0.15, 0.2) is 60.0 Å². The van der Waals surface area contributed by atoms with Crippen molar-refractivity contribution in [2.75, 3.05) is 44.2 Å². The summed E-state index contributed by atoms with van der Waals surface area (Å²) in [5.74, 6) is 0.544. The van der Waals surface area contributed by atoms with Gasteiger partial charge in [0.15, 0.2) is 0 Å². The molecule has 10 heteroatoms. The van der Waals surface area contributed by atoms with Crippen molar-refractivity contribution >= 4 is 27.7 Å². The Kier molecular flexibility index (Phi) is 7.46. The van der Waals surface area contributed by atoms with Gasteiger partial charge in [-0.1, -0.05) is 12.6 Å². The second kappa shape index (κ2) is 10.4. The van der Waals surface area contributed by atoms with Gasteiger partial charge in [0.25, 0.3) is 5.91 Å². The maximum absolute atomic E-state index is 13.2. The van der Waals surface area contributed by atoms with E-state index in [2.05, 4.69) is 21.8 Å². The molecule has 2 saturated heterocycles. The summed E-state index contributed by atoms with van der Waals surface area (Å²) in [6.45, 7) is 10.5. The van der Waals surface area contributed by atoms with Crippen LogP contribution in [0.2, 0.25) is 0 Å². The number of rotatable bonds is 6. The first-order valence-electron chi connectivity index (χ1n) is 12.1. The lowest BCUT2D eigenvalue weighted by Gasteiger charge is -2.39. The van der Waals surface area contributed by atoms with Gasteiger partial charge in [0.2, 0.25) is 15.9 Å². The largest absolute Gasteiger partial charge is 0.353 e. The number of nitrogens with zero attached hydrogens (tertiary/aromatic N) is 4. The molecule has 192 valence electrons. The number of hydrogen-bond acceptors (Lipinski definition) is 6. The number of pyridine rings is 1. The lowest BCUT2D eigenvalue weighted by atomic mass is 9.90. The molecule has 0 aliphatic carbocycles. The normalized spacial score (nSPS) is 18.5. The van der Waals surface area contributed by atoms with E-state index in [1.807, 2.05) is 32.0 Å². The fourth-order valence-electron chi connectivity index (χ4n) is 4.64. The van der Waals surface area contributed by atoms with Crippen molar-refractivity contribution in [1.29, 1.82) is 0 Å². The summed E-state index contributed by atoms with van der Waals surface area (Å²) in [7, 11) is -3.69. The van der Waals surface area contributed by atoms with E-state index in [-0.39, 0.29) is 16.7 Å². The van der Waals surface area contributed by atoms with Gasteiger partial charge >= 0.3 is 0 Å². The monoisotopic (exact) mass is 511 g/mol. The van der Waals surface area contributed by atoms with Gasteiger partial charge in [-0.2, -0.15) is 4.31 Å². The Labute approximate surface area is 212 Å². The van der Waals surface area contributed by atoms with Gasteiger partial charge in [0.1, 0.15) is 5.82 Å². The number of aromatic nitrogens is 1. The molecule has 2 fully saturated rings. The SMILES string of the molecule is C=CC(=O)NC1(C)CCN(S(=O)(=O)c2ccc(C(=O)N3CCN(c4cccc(C)n4)CC3)cc2)CC1. The Bertz CT molecular complexity index is 1230. The minimum Gasteiger partial charge on any atom is -0.353 e. The van der Waals surface area contributed by atoms with Crippen molar-refractivity contribution in [2.45, 2.75) is 37.1 Å². The first-order chi connectivity index (χ1) is 17.1. The van der Waals surface area contributed by atoms with Gasteiger partial charge in [0, 0.05) is 56.1 Å². The Morgan fingerprint density at radius 2 is 1.64 bits per heavy atom. The highest BCUT2D eigenvalue weighted by Gasteiger charge is 2.36. The number of anilines is 1. The highest BCUT2D eigenvalue weighted by molar-refractivity contribution is 7.89.